The normalized spacial score (nSPS) is 12.7. The molecule has 0 unspecified atom stereocenters. The maximum atomic E-state index is 6.24. The second-order valence-corrected chi connectivity index (χ2v) is 14.3. The number of hydrogen-bond acceptors (Lipinski definition) is 1. The van der Waals surface area contributed by atoms with Gasteiger partial charge in [0, 0.05) is 0 Å². The monoisotopic (exact) mass is 386 g/mol. The van der Waals surface area contributed by atoms with Gasteiger partial charge < -0.3 is 8.91 Å². The van der Waals surface area contributed by atoms with E-state index in [2.05, 4.69) is 41.2 Å². The van der Waals surface area contributed by atoms with Gasteiger partial charge in [0.2, 0.25) is 0 Å². The van der Waals surface area contributed by atoms with E-state index in [0.717, 1.165) is 17.6 Å². The molecule has 26 heavy (non-hydrogen) atoms. The Balaban J connectivity index is 3.32. The summed E-state index contributed by atoms with van der Waals surface area (Å²) in [6.07, 6.45) is 20.2. The predicted octanol–water partition coefficient (Wildman–Crippen LogP) is 7.40. The molecule has 3 heteroatoms. The molecule has 0 saturated carbocycles. The first-order valence-electron chi connectivity index (χ1n) is 11.7. The number of likely N-dealkylation sites (N-methyl/N-ethyl adjacent to an activating group) is 1. The van der Waals surface area contributed by atoms with Crippen LogP contribution in [0.4, 0.5) is 0 Å². The third kappa shape index (κ3) is 20.4. The summed E-state index contributed by atoms with van der Waals surface area (Å²) < 4.78 is 7.25. The highest BCUT2D eigenvalue weighted by molar-refractivity contribution is 6.71. The summed E-state index contributed by atoms with van der Waals surface area (Å²) in [5, 5.41) is 0. The lowest BCUT2D eigenvalue weighted by Gasteiger charge is -2.28. The van der Waals surface area contributed by atoms with Gasteiger partial charge in [0.05, 0.1) is 27.7 Å². The lowest BCUT2D eigenvalue weighted by atomic mass is 10.0. The number of quaternary nitrogens is 1. The average Bonchev–Trinajstić information content (AvgIpc) is 2.53. The molecule has 0 bridgehead atoms. The van der Waals surface area contributed by atoms with Crippen LogP contribution in [-0.2, 0) is 4.43 Å². The molecule has 0 amide bonds. The Labute approximate surface area is 167 Å². The van der Waals surface area contributed by atoms with Crippen molar-refractivity contribution in [2.24, 2.45) is 0 Å². The first kappa shape index (κ1) is 26.1. The van der Waals surface area contributed by atoms with Gasteiger partial charge in [0.1, 0.15) is 6.54 Å². The molecule has 0 atom stereocenters. The molecule has 0 heterocycles. The molecule has 0 spiro atoms. The lowest BCUT2D eigenvalue weighted by Crippen LogP contribution is -2.40. The Morgan fingerprint density at radius 2 is 1.00 bits per heavy atom. The molecule has 0 aromatic carbocycles. The van der Waals surface area contributed by atoms with Crippen LogP contribution < -0.4 is 0 Å². The van der Waals surface area contributed by atoms with Gasteiger partial charge in [-0.1, -0.05) is 96.8 Å². The smallest absolute Gasteiger partial charge is 0.187 e. The van der Waals surface area contributed by atoms with Gasteiger partial charge in [-0.15, -0.1) is 0 Å². The van der Waals surface area contributed by atoms with Crippen LogP contribution >= 0.6 is 0 Å². The van der Waals surface area contributed by atoms with Crippen molar-refractivity contribution in [1.82, 2.24) is 0 Å². The molecule has 0 radical (unpaired) electrons. The van der Waals surface area contributed by atoms with Gasteiger partial charge >= 0.3 is 0 Å². The standard InChI is InChI=1S/C23H52NOSi/c1-7-8-9-10-11-12-13-14-15-16-17-18-19-20-23-26(5,6)25-22-21-24(2,3)4/h7-23H2,1-6H3/q+1. The Bertz CT molecular complexity index is 299. The number of rotatable bonds is 19. The van der Waals surface area contributed by atoms with Crippen LogP contribution in [-0.4, -0.2) is 47.1 Å². The van der Waals surface area contributed by atoms with Crippen molar-refractivity contribution in [2.45, 2.75) is 116 Å². The third-order valence-electron chi connectivity index (χ3n) is 5.39. The molecular weight excluding hydrogens is 334 g/mol. The molecule has 158 valence electrons. The van der Waals surface area contributed by atoms with E-state index in [-0.39, 0.29) is 0 Å². The van der Waals surface area contributed by atoms with Gasteiger partial charge in [-0.3, -0.25) is 0 Å². The Hall–Kier alpha value is 0.137. The van der Waals surface area contributed by atoms with E-state index in [1.165, 1.54) is 95.9 Å². The largest absolute Gasteiger partial charge is 0.412 e. The first-order chi connectivity index (χ1) is 12.3. The molecule has 0 aliphatic carbocycles. The van der Waals surface area contributed by atoms with Gasteiger partial charge in [0.15, 0.2) is 8.32 Å². The molecule has 0 aromatic rings. The van der Waals surface area contributed by atoms with Gasteiger partial charge in [-0.05, 0) is 19.1 Å². The van der Waals surface area contributed by atoms with E-state index in [1.54, 1.807) is 0 Å². The first-order valence-corrected chi connectivity index (χ1v) is 14.8. The predicted molar refractivity (Wildman–Crippen MR) is 121 cm³/mol. The van der Waals surface area contributed by atoms with Crippen LogP contribution in [0.3, 0.4) is 0 Å². The lowest BCUT2D eigenvalue weighted by molar-refractivity contribution is -0.870. The van der Waals surface area contributed by atoms with E-state index in [1.807, 2.05) is 0 Å². The van der Waals surface area contributed by atoms with E-state index in [9.17, 15) is 0 Å². The Morgan fingerprint density at radius 3 is 1.38 bits per heavy atom. The van der Waals surface area contributed by atoms with Crippen molar-refractivity contribution in [3.8, 4) is 0 Å². The summed E-state index contributed by atoms with van der Waals surface area (Å²) in [4.78, 5) is 0. The van der Waals surface area contributed by atoms with Crippen LogP contribution in [0.2, 0.25) is 19.1 Å². The molecule has 0 saturated heterocycles. The van der Waals surface area contributed by atoms with Gasteiger partial charge in [-0.25, -0.2) is 0 Å². The number of nitrogens with zero attached hydrogens (tertiary/aromatic N) is 1. The number of hydrogen-bond donors (Lipinski definition) is 0. The summed E-state index contributed by atoms with van der Waals surface area (Å²) in [7, 11) is 5.31. The van der Waals surface area contributed by atoms with Crippen molar-refractivity contribution in [3.63, 3.8) is 0 Å². The van der Waals surface area contributed by atoms with E-state index in [0.29, 0.717) is 0 Å². The fourth-order valence-electron chi connectivity index (χ4n) is 3.41. The van der Waals surface area contributed by atoms with Gasteiger partial charge in [-0.2, -0.15) is 0 Å². The summed E-state index contributed by atoms with van der Waals surface area (Å²) in [6.45, 7) is 9.14. The zero-order valence-electron chi connectivity index (χ0n) is 19.4. The summed E-state index contributed by atoms with van der Waals surface area (Å²) in [6, 6.07) is 1.34. The fourth-order valence-corrected chi connectivity index (χ4v) is 5.30. The van der Waals surface area contributed by atoms with Crippen molar-refractivity contribution >= 4 is 8.32 Å². The maximum Gasteiger partial charge on any atom is 0.187 e. The molecular formula is C23H52NOSi+. The van der Waals surface area contributed by atoms with E-state index < -0.39 is 8.32 Å². The highest BCUT2D eigenvalue weighted by Gasteiger charge is 2.22. The van der Waals surface area contributed by atoms with E-state index >= 15 is 0 Å². The zero-order chi connectivity index (χ0) is 19.7. The van der Waals surface area contributed by atoms with Crippen molar-refractivity contribution in [1.29, 1.82) is 0 Å². The average molecular weight is 387 g/mol. The molecule has 0 rings (SSSR count). The SMILES string of the molecule is CCCCCCCCCCCCCCCC[Si](C)(C)OCC[N+](C)(C)C. The Morgan fingerprint density at radius 1 is 0.615 bits per heavy atom. The second-order valence-electron chi connectivity index (χ2n) is 9.97. The van der Waals surface area contributed by atoms with Crippen LogP contribution in [0.15, 0.2) is 0 Å². The Kier molecular flexibility index (Phi) is 16.2. The number of unbranched alkanes of at least 4 members (excludes halogenated alkanes) is 13. The summed E-state index contributed by atoms with van der Waals surface area (Å²) in [5.74, 6) is 0. The minimum atomic E-state index is -1.42. The van der Waals surface area contributed by atoms with Crippen LogP contribution in [0.5, 0.6) is 0 Å². The highest BCUT2D eigenvalue weighted by Crippen LogP contribution is 2.18. The van der Waals surface area contributed by atoms with Crippen LogP contribution in [0, 0.1) is 0 Å². The van der Waals surface area contributed by atoms with Crippen LogP contribution in [0.1, 0.15) is 96.8 Å². The molecule has 0 aliphatic heterocycles. The molecule has 0 aliphatic rings. The zero-order valence-corrected chi connectivity index (χ0v) is 20.4. The van der Waals surface area contributed by atoms with E-state index in [4.69, 9.17) is 4.43 Å². The van der Waals surface area contributed by atoms with Gasteiger partial charge in [0.25, 0.3) is 0 Å². The minimum absolute atomic E-state index is 0.932. The minimum Gasteiger partial charge on any atom is -0.412 e. The second kappa shape index (κ2) is 16.1. The van der Waals surface area contributed by atoms with Crippen LogP contribution in [0.25, 0.3) is 0 Å². The maximum absolute atomic E-state index is 6.24. The summed E-state index contributed by atoms with van der Waals surface area (Å²) in [5.41, 5.74) is 0. The summed E-state index contributed by atoms with van der Waals surface area (Å²) >= 11 is 0. The third-order valence-corrected chi connectivity index (χ3v) is 7.93. The fraction of sp³-hybridized carbons (Fsp3) is 1.00. The molecule has 2 nitrogen and oxygen atoms in total. The highest BCUT2D eigenvalue weighted by atomic mass is 28.4. The molecule has 0 fully saturated rings. The van der Waals surface area contributed by atoms with Crippen molar-refractivity contribution in [3.05, 3.63) is 0 Å². The van der Waals surface area contributed by atoms with Crippen molar-refractivity contribution in [2.75, 3.05) is 34.3 Å². The molecule has 0 aromatic heterocycles. The molecule has 0 N–H and O–H groups in total. The quantitative estimate of drug-likeness (QED) is 0.128. The van der Waals surface area contributed by atoms with Crippen molar-refractivity contribution < 1.29 is 8.91 Å². The topological polar surface area (TPSA) is 9.23 Å².